The molecule has 0 aliphatic heterocycles. The number of nitrogens with zero attached hydrogens (tertiary/aromatic N) is 6. The van der Waals surface area contributed by atoms with E-state index in [1.165, 1.54) is 0 Å². The molecule has 3 aromatic heterocycles. The van der Waals surface area contributed by atoms with Crippen LogP contribution in [0.4, 0.5) is 0 Å². The molecule has 109 valence electrons. The molecule has 3 aromatic rings. The van der Waals surface area contributed by atoms with Gasteiger partial charge in [-0.3, -0.25) is 0 Å². The standard InChI is InChI=1S/C10H10N6.C4H6.Mn/c1-4-11-14(7-1)10(15-8-2-5-12-15)16-9-3-6-13-16;1-3-4-2;/h1-10H;3-4H,1-2H2;. The average Bonchev–Trinajstić information content (AvgIpc) is 3.23. The van der Waals surface area contributed by atoms with Crippen LogP contribution < -0.4 is 0 Å². The Bertz CT molecular complexity index is 525. The Morgan fingerprint density at radius 2 is 1.05 bits per heavy atom. The molecule has 1 radical (unpaired) electrons. The molecule has 3 heterocycles. The molecule has 0 amide bonds. The van der Waals surface area contributed by atoms with Gasteiger partial charge in [0, 0.05) is 54.2 Å². The summed E-state index contributed by atoms with van der Waals surface area (Å²) in [4.78, 5) is 0. The van der Waals surface area contributed by atoms with Gasteiger partial charge in [-0.05, 0) is 18.2 Å². The van der Waals surface area contributed by atoms with Gasteiger partial charge in [-0.25, -0.2) is 14.0 Å². The largest absolute Gasteiger partial charge is 0.238 e. The summed E-state index contributed by atoms with van der Waals surface area (Å²) in [5.41, 5.74) is 0. The fraction of sp³-hybridized carbons (Fsp3) is 0.0714. The van der Waals surface area contributed by atoms with Gasteiger partial charge in [0.25, 0.3) is 0 Å². The molecular formula is C14H16MnN6. The first-order chi connectivity index (χ1) is 9.86. The Hall–Kier alpha value is -2.37. The normalized spacial score (nSPS) is 9.38. The van der Waals surface area contributed by atoms with Crippen LogP contribution in [-0.4, -0.2) is 29.3 Å². The van der Waals surface area contributed by atoms with Gasteiger partial charge in [0.05, 0.1) is 0 Å². The summed E-state index contributed by atoms with van der Waals surface area (Å²) in [6, 6.07) is 5.62. The molecule has 0 N–H and O–H groups in total. The molecule has 0 fully saturated rings. The zero-order valence-corrected chi connectivity index (χ0v) is 12.6. The van der Waals surface area contributed by atoms with Gasteiger partial charge in [-0.1, -0.05) is 25.3 Å². The van der Waals surface area contributed by atoms with E-state index in [1.807, 2.05) is 36.8 Å². The van der Waals surface area contributed by atoms with Crippen molar-refractivity contribution >= 4 is 0 Å². The van der Waals surface area contributed by atoms with Crippen LogP contribution >= 0.6 is 0 Å². The first-order valence-electron chi connectivity index (χ1n) is 6.07. The van der Waals surface area contributed by atoms with E-state index in [2.05, 4.69) is 28.5 Å². The molecule has 0 aliphatic carbocycles. The van der Waals surface area contributed by atoms with Gasteiger partial charge < -0.3 is 0 Å². The van der Waals surface area contributed by atoms with E-state index in [4.69, 9.17) is 0 Å². The summed E-state index contributed by atoms with van der Waals surface area (Å²) in [6.45, 7) is 6.72. The summed E-state index contributed by atoms with van der Waals surface area (Å²) in [5, 5.41) is 12.7. The molecule has 0 saturated carbocycles. The second kappa shape index (κ2) is 8.73. The third-order valence-electron chi connectivity index (χ3n) is 2.45. The van der Waals surface area contributed by atoms with E-state index in [-0.39, 0.29) is 23.4 Å². The fourth-order valence-electron chi connectivity index (χ4n) is 1.62. The zero-order valence-electron chi connectivity index (χ0n) is 11.4. The Morgan fingerprint density at radius 3 is 1.24 bits per heavy atom. The first kappa shape index (κ1) is 16.7. The van der Waals surface area contributed by atoms with E-state index < -0.39 is 0 Å². The van der Waals surface area contributed by atoms with Crippen molar-refractivity contribution in [3.05, 3.63) is 80.7 Å². The molecule has 0 aliphatic rings. The van der Waals surface area contributed by atoms with Gasteiger partial charge in [-0.2, -0.15) is 15.3 Å². The number of rotatable bonds is 4. The maximum absolute atomic E-state index is 4.22. The second-order valence-electron chi connectivity index (χ2n) is 3.78. The zero-order chi connectivity index (χ0) is 14.2. The molecule has 3 rings (SSSR count). The van der Waals surface area contributed by atoms with Crippen molar-refractivity contribution < 1.29 is 17.1 Å². The van der Waals surface area contributed by atoms with Gasteiger partial charge in [-0.15, -0.1) is 0 Å². The quantitative estimate of drug-likeness (QED) is 0.546. The van der Waals surface area contributed by atoms with Crippen LogP contribution in [0.3, 0.4) is 0 Å². The van der Waals surface area contributed by atoms with E-state index in [0.29, 0.717) is 0 Å². The molecule has 7 heteroatoms. The number of hydrogen-bond acceptors (Lipinski definition) is 3. The van der Waals surface area contributed by atoms with Crippen molar-refractivity contribution in [2.45, 2.75) is 6.29 Å². The molecule has 0 spiro atoms. The van der Waals surface area contributed by atoms with Crippen molar-refractivity contribution in [1.29, 1.82) is 0 Å². The molecule has 0 saturated heterocycles. The molecular weight excluding hydrogens is 307 g/mol. The van der Waals surface area contributed by atoms with Gasteiger partial charge in [0.15, 0.2) is 0 Å². The molecule has 0 atom stereocenters. The first-order valence-corrected chi connectivity index (χ1v) is 6.07. The van der Waals surface area contributed by atoms with Gasteiger partial charge in [0.2, 0.25) is 6.29 Å². The third kappa shape index (κ3) is 4.30. The summed E-state index contributed by atoms with van der Waals surface area (Å²) >= 11 is 0. The van der Waals surface area contributed by atoms with Crippen LogP contribution in [0.5, 0.6) is 0 Å². The fourth-order valence-corrected chi connectivity index (χ4v) is 1.62. The summed E-state index contributed by atoms with van der Waals surface area (Å²) in [6.07, 6.45) is 13.9. The minimum Gasteiger partial charge on any atom is -0.227 e. The van der Waals surface area contributed by atoms with Gasteiger partial charge >= 0.3 is 0 Å². The van der Waals surface area contributed by atoms with Crippen LogP contribution in [0.2, 0.25) is 0 Å². The Balaban J connectivity index is 0.000000397. The van der Waals surface area contributed by atoms with Crippen LogP contribution in [0.1, 0.15) is 6.29 Å². The number of allylic oxidation sites excluding steroid dienone is 2. The van der Waals surface area contributed by atoms with Crippen LogP contribution in [0, 0.1) is 0 Å². The number of aromatic nitrogens is 6. The van der Waals surface area contributed by atoms with Crippen LogP contribution in [0.15, 0.2) is 80.7 Å². The van der Waals surface area contributed by atoms with Crippen molar-refractivity contribution in [3.63, 3.8) is 0 Å². The molecule has 6 nitrogen and oxygen atoms in total. The summed E-state index contributed by atoms with van der Waals surface area (Å²) < 4.78 is 5.38. The third-order valence-corrected chi connectivity index (χ3v) is 2.45. The Labute approximate surface area is 133 Å². The van der Waals surface area contributed by atoms with Crippen molar-refractivity contribution in [1.82, 2.24) is 29.3 Å². The predicted octanol–water partition coefficient (Wildman–Crippen LogP) is 2.18. The van der Waals surface area contributed by atoms with E-state index in [1.54, 1.807) is 44.8 Å². The maximum atomic E-state index is 4.22. The van der Waals surface area contributed by atoms with Crippen molar-refractivity contribution in [2.75, 3.05) is 0 Å². The summed E-state index contributed by atoms with van der Waals surface area (Å²) in [5.74, 6) is 0. The minimum atomic E-state index is -0.194. The Morgan fingerprint density at radius 1 is 0.714 bits per heavy atom. The van der Waals surface area contributed by atoms with Crippen molar-refractivity contribution in [2.24, 2.45) is 0 Å². The monoisotopic (exact) mass is 323 g/mol. The minimum absolute atomic E-state index is 0. The number of hydrogen-bond donors (Lipinski definition) is 0. The Kier molecular flexibility index (Phi) is 6.94. The SMILES string of the molecule is C=CC=C.[Mn].c1cnn(C(n2cccn2)n2cccn2)c1. The van der Waals surface area contributed by atoms with Crippen molar-refractivity contribution in [3.8, 4) is 0 Å². The smallest absolute Gasteiger partial charge is 0.227 e. The molecule has 0 bridgehead atoms. The molecule has 21 heavy (non-hydrogen) atoms. The topological polar surface area (TPSA) is 53.5 Å². The summed E-state index contributed by atoms with van der Waals surface area (Å²) in [7, 11) is 0. The van der Waals surface area contributed by atoms with Gasteiger partial charge in [0.1, 0.15) is 0 Å². The van der Waals surface area contributed by atoms with E-state index >= 15 is 0 Å². The molecule has 0 aromatic carbocycles. The predicted molar refractivity (Wildman–Crippen MR) is 76.9 cm³/mol. The second-order valence-corrected chi connectivity index (χ2v) is 3.78. The van der Waals surface area contributed by atoms with E-state index in [0.717, 1.165) is 0 Å². The maximum Gasteiger partial charge on any atom is 0.238 e. The van der Waals surface area contributed by atoms with Crippen LogP contribution in [-0.2, 0) is 17.1 Å². The van der Waals surface area contributed by atoms with Crippen LogP contribution in [0.25, 0.3) is 0 Å². The molecule has 0 unspecified atom stereocenters. The van der Waals surface area contributed by atoms with E-state index in [9.17, 15) is 0 Å². The average molecular weight is 323 g/mol.